The Kier molecular flexibility index (Phi) is 6.61. The second-order valence-corrected chi connectivity index (χ2v) is 13.9. The van der Waals surface area contributed by atoms with Crippen molar-refractivity contribution in [2.45, 2.75) is 0 Å². The first-order valence-electron chi connectivity index (χ1n) is 18.2. The van der Waals surface area contributed by atoms with Crippen molar-refractivity contribution < 1.29 is 4.42 Å². The van der Waals surface area contributed by atoms with Crippen LogP contribution in [-0.4, -0.2) is 9.13 Å². The minimum Gasteiger partial charge on any atom is -0.455 e. The van der Waals surface area contributed by atoms with Gasteiger partial charge in [-0.2, -0.15) is 5.26 Å². The molecule has 0 amide bonds. The van der Waals surface area contributed by atoms with Crippen LogP contribution in [0.3, 0.4) is 0 Å². The number of nitrogens with zero attached hydrogens (tertiary/aromatic N) is 4. The summed E-state index contributed by atoms with van der Waals surface area (Å²) in [6, 6.07) is 60.6. The number of hydrogen-bond donors (Lipinski definition) is 0. The van der Waals surface area contributed by atoms with Gasteiger partial charge in [0.15, 0.2) is 0 Å². The fraction of sp³-hybridized carbons (Fsp3) is 0. The molecular formula is C50H28N4O. The molecule has 0 saturated carbocycles. The van der Waals surface area contributed by atoms with Crippen molar-refractivity contribution in [3.63, 3.8) is 0 Å². The molecule has 3 heterocycles. The Labute approximate surface area is 315 Å². The number of furan rings is 1. The second kappa shape index (κ2) is 11.8. The van der Waals surface area contributed by atoms with E-state index in [2.05, 4.69) is 135 Å². The molecule has 0 unspecified atom stereocenters. The number of hydrogen-bond acceptors (Lipinski definition) is 2. The Morgan fingerprint density at radius 3 is 1.69 bits per heavy atom. The van der Waals surface area contributed by atoms with E-state index in [1.54, 1.807) is 12.1 Å². The summed E-state index contributed by atoms with van der Waals surface area (Å²) >= 11 is 0. The number of aromatic nitrogens is 2. The van der Waals surface area contributed by atoms with Crippen LogP contribution in [0.5, 0.6) is 0 Å². The molecule has 0 fully saturated rings. The van der Waals surface area contributed by atoms with Crippen LogP contribution in [0.1, 0.15) is 5.56 Å². The molecule has 5 nitrogen and oxygen atoms in total. The van der Waals surface area contributed by atoms with Gasteiger partial charge in [-0.3, -0.25) is 0 Å². The number of rotatable bonds is 4. The van der Waals surface area contributed by atoms with Gasteiger partial charge in [-0.15, -0.1) is 0 Å². The zero-order valence-electron chi connectivity index (χ0n) is 29.4. The van der Waals surface area contributed by atoms with Crippen molar-refractivity contribution in [3.8, 4) is 39.7 Å². The zero-order chi connectivity index (χ0) is 36.6. The third kappa shape index (κ3) is 4.45. The van der Waals surface area contributed by atoms with E-state index in [4.69, 9.17) is 11.0 Å². The lowest BCUT2D eigenvalue weighted by atomic mass is 10.0. The smallest absolute Gasteiger partial charge is 0.212 e. The third-order valence-corrected chi connectivity index (χ3v) is 11.0. The predicted molar refractivity (Wildman–Crippen MR) is 224 cm³/mol. The quantitative estimate of drug-likeness (QED) is 0.172. The number of fused-ring (bicyclic) bond motifs is 10. The van der Waals surface area contributed by atoms with Crippen LogP contribution in [-0.2, 0) is 0 Å². The van der Waals surface area contributed by atoms with Gasteiger partial charge in [-0.05, 0) is 70.8 Å². The normalized spacial score (nSPS) is 11.6. The fourth-order valence-corrected chi connectivity index (χ4v) is 8.56. The Balaban J connectivity index is 1.29. The first-order valence-corrected chi connectivity index (χ1v) is 18.2. The van der Waals surface area contributed by atoms with E-state index >= 15 is 0 Å². The van der Waals surface area contributed by atoms with Crippen LogP contribution in [0.15, 0.2) is 174 Å². The summed E-state index contributed by atoms with van der Waals surface area (Å²) in [5, 5.41) is 17.1. The molecule has 254 valence electrons. The summed E-state index contributed by atoms with van der Waals surface area (Å²) in [5.41, 5.74) is 12.0. The zero-order valence-corrected chi connectivity index (χ0v) is 29.4. The largest absolute Gasteiger partial charge is 0.455 e. The van der Waals surface area contributed by atoms with E-state index in [1.165, 1.54) is 0 Å². The molecule has 55 heavy (non-hydrogen) atoms. The van der Waals surface area contributed by atoms with Gasteiger partial charge in [0.2, 0.25) is 5.69 Å². The van der Waals surface area contributed by atoms with Crippen LogP contribution >= 0.6 is 0 Å². The third-order valence-electron chi connectivity index (χ3n) is 11.0. The SMILES string of the molecule is [C-]#[N+]c1ccc(C#N)c(-n2c3ccc(-c4ccccc4)cc3c3cc(-c4ccccc4)ccc32)c1-n1c2ccccc2c2c3oc4ccccc4c3ccc21. The summed E-state index contributed by atoms with van der Waals surface area (Å²) in [5.74, 6) is 0. The van der Waals surface area contributed by atoms with Gasteiger partial charge < -0.3 is 13.6 Å². The molecule has 0 bridgehead atoms. The van der Waals surface area contributed by atoms with Crippen molar-refractivity contribution in [1.29, 1.82) is 5.26 Å². The van der Waals surface area contributed by atoms with Crippen molar-refractivity contribution in [1.82, 2.24) is 9.13 Å². The molecule has 11 aromatic rings. The topological polar surface area (TPSA) is 51.1 Å². The minimum atomic E-state index is 0.443. The standard InChI is InChI=1S/C50H28N4O/c1-52-41-24-20-35(30-51)48(49(41)54-42-18-10-8-17-38(42)47-45(54)27-23-37-36-16-9-11-19-46(36)55-50(37)47)53-43-25-21-33(31-12-4-2-5-13-31)28-39(43)40-29-34(22-26-44(40)53)32-14-6-3-7-15-32/h2-29H. The van der Waals surface area contributed by atoms with Crippen molar-refractivity contribution in [3.05, 3.63) is 187 Å². The van der Waals surface area contributed by atoms with E-state index in [0.717, 1.165) is 87.8 Å². The lowest BCUT2D eigenvalue weighted by molar-refractivity contribution is 0.673. The highest BCUT2D eigenvalue weighted by molar-refractivity contribution is 6.24. The highest BCUT2D eigenvalue weighted by atomic mass is 16.3. The lowest BCUT2D eigenvalue weighted by Crippen LogP contribution is -2.06. The fourth-order valence-electron chi connectivity index (χ4n) is 8.56. The summed E-state index contributed by atoms with van der Waals surface area (Å²) in [6.07, 6.45) is 0. The van der Waals surface area contributed by atoms with Crippen molar-refractivity contribution >= 4 is 71.2 Å². The molecule has 3 aromatic heterocycles. The van der Waals surface area contributed by atoms with Crippen LogP contribution < -0.4 is 0 Å². The first-order chi connectivity index (χ1) is 27.2. The van der Waals surface area contributed by atoms with E-state index in [9.17, 15) is 5.26 Å². The molecule has 0 radical (unpaired) electrons. The summed E-state index contributed by atoms with van der Waals surface area (Å²) < 4.78 is 11.0. The molecule has 0 N–H and O–H groups in total. The van der Waals surface area contributed by atoms with Crippen LogP contribution in [0, 0.1) is 17.9 Å². The molecule has 8 aromatic carbocycles. The molecular weight excluding hydrogens is 673 g/mol. The average molecular weight is 701 g/mol. The van der Waals surface area contributed by atoms with E-state index in [-0.39, 0.29) is 0 Å². The number of benzene rings is 8. The Morgan fingerprint density at radius 1 is 0.473 bits per heavy atom. The van der Waals surface area contributed by atoms with Gasteiger partial charge >= 0.3 is 0 Å². The van der Waals surface area contributed by atoms with Gasteiger partial charge in [0.25, 0.3) is 0 Å². The van der Waals surface area contributed by atoms with Gasteiger partial charge in [0.05, 0.1) is 51.0 Å². The summed E-state index contributed by atoms with van der Waals surface area (Å²) in [4.78, 5) is 4.13. The Morgan fingerprint density at radius 2 is 1.04 bits per heavy atom. The van der Waals surface area contributed by atoms with E-state index in [1.807, 2.05) is 42.5 Å². The predicted octanol–water partition coefficient (Wildman–Crippen LogP) is 13.5. The van der Waals surface area contributed by atoms with Crippen molar-refractivity contribution in [2.75, 3.05) is 0 Å². The molecule has 0 saturated heterocycles. The van der Waals surface area contributed by atoms with Crippen LogP contribution in [0.2, 0.25) is 0 Å². The maximum Gasteiger partial charge on any atom is 0.212 e. The molecule has 0 aliphatic heterocycles. The molecule has 0 aliphatic carbocycles. The molecule has 0 atom stereocenters. The van der Waals surface area contributed by atoms with Crippen LogP contribution in [0.4, 0.5) is 5.69 Å². The summed E-state index contributed by atoms with van der Waals surface area (Å²) in [6.45, 7) is 8.53. The Bertz CT molecular complexity index is 3350. The Hall–Kier alpha value is -7.86. The monoisotopic (exact) mass is 700 g/mol. The average Bonchev–Trinajstić information content (AvgIpc) is 3.90. The molecule has 0 aliphatic rings. The van der Waals surface area contributed by atoms with Gasteiger partial charge in [-0.25, -0.2) is 4.85 Å². The van der Waals surface area contributed by atoms with E-state index in [0.29, 0.717) is 22.6 Å². The minimum absolute atomic E-state index is 0.443. The van der Waals surface area contributed by atoms with Crippen LogP contribution in [0.25, 0.3) is 104 Å². The molecule has 5 heteroatoms. The number of para-hydroxylation sites is 2. The summed E-state index contributed by atoms with van der Waals surface area (Å²) in [7, 11) is 0. The maximum absolute atomic E-state index is 10.9. The molecule has 11 rings (SSSR count). The van der Waals surface area contributed by atoms with Gasteiger partial charge in [0.1, 0.15) is 17.2 Å². The van der Waals surface area contributed by atoms with Crippen molar-refractivity contribution in [2.24, 2.45) is 0 Å². The highest BCUT2D eigenvalue weighted by Crippen LogP contribution is 2.46. The number of nitriles is 1. The lowest BCUT2D eigenvalue weighted by Gasteiger charge is -2.20. The van der Waals surface area contributed by atoms with E-state index < -0.39 is 0 Å². The van der Waals surface area contributed by atoms with Gasteiger partial charge in [-0.1, -0.05) is 121 Å². The molecule has 0 spiro atoms. The maximum atomic E-state index is 10.9. The highest BCUT2D eigenvalue weighted by Gasteiger charge is 2.26. The van der Waals surface area contributed by atoms with Gasteiger partial charge in [0, 0.05) is 26.9 Å². The first kappa shape index (κ1) is 30.7. The second-order valence-electron chi connectivity index (χ2n) is 13.9.